The van der Waals surface area contributed by atoms with Crippen molar-refractivity contribution in [3.05, 3.63) is 65.2 Å². The number of benzene rings is 2. The van der Waals surface area contributed by atoms with E-state index in [1.165, 1.54) is 0 Å². The Hall–Kier alpha value is -3.31. The Kier molecular flexibility index (Phi) is 9.29. The van der Waals surface area contributed by atoms with Crippen LogP contribution in [0.25, 0.3) is 0 Å². The number of carboxylic acid groups (broad SMARTS) is 1. The average Bonchev–Trinajstić information content (AvgIpc) is 3.20. The van der Waals surface area contributed by atoms with Gasteiger partial charge in [0.2, 0.25) is 0 Å². The van der Waals surface area contributed by atoms with E-state index in [0.29, 0.717) is 44.9 Å². The molecule has 0 bridgehead atoms. The molecular weight excluding hydrogens is 568 g/mol. The number of likely N-dealkylation sites (tertiary alicyclic amines) is 2. The second kappa shape index (κ2) is 13.2. The summed E-state index contributed by atoms with van der Waals surface area (Å²) < 4.78 is -0.338. The Morgan fingerprint density at radius 3 is 2.47 bits per heavy atom. The largest absolute Gasteiger partial charge is 0.498 e. The van der Waals surface area contributed by atoms with Gasteiger partial charge in [-0.25, -0.2) is 9.69 Å². The molecule has 242 valence electrons. The van der Waals surface area contributed by atoms with Crippen molar-refractivity contribution in [2.75, 3.05) is 64.7 Å². The lowest BCUT2D eigenvalue weighted by Gasteiger charge is -2.62. The number of nitrogens with zero attached hydrogens (tertiary/aromatic N) is 5. The number of piperidine rings is 2. The van der Waals surface area contributed by atoms with E-state index < -0.39 is 11.8 Å². The molecule has 1 N–H and O–H groups in total. The fraction of sp³-hybridized carbons (Fsp3) is 0.571. The van der Waals surface area contributed by atoms with Gasteiger partial charge in [-0.15, -0.1) is 0 Å². The van der Waals surface area contributed by atoms with Gasteiger partial charge in [-0.05, 0) is 58.0 Å². The van der Waals surface area contributed by atoms with E-state index in [-0.39, 0.29) is 36.1 Å². The summed E-state index contributed by atoms with van der Waals surface area (Å²) in [6.07, 6.45) is 3.70. The monoisotopic (exact) mass is 616 g/mol. The van der Waals surface area contributed by atoms with Crippen molar-refractivity contribution < 1.29 is 24.0 Å². The number of rotatable bonds is 7. The predicted octanol–water partition coefficient (Wildman–Crippen LogP) is 2.90. The zero-order valence-corrected chi connectivity index (χ0v) is 26.8. The first-order valence-electron chi connectivity index (χ1n) is 16.7. The van der Waals surface area contributed by atoms with Gasteiger partial charge in [0.05, 0.1) is 13.0 Å². The molecule has 0 aliphatic carbocycles. The number of carbonyl (C=O) groups is 3. The molecule has 6 rings (SSSR count). The van der Waals surface area contributed by atoms with E-state index in [9.17, 15) is 19.5 Å². The van der Waals surface area contributed by atoms with Crippen LogP contribution in [0.2, 0.25) is 0 Å². The number of nitrogens with one attached hydrogen (secondary N) is 1. The summed E-state index contributed by atoms with van der Waals surface area (Å²) in [5.41, 5.74) is 2.84. The van der Waals surface area contributed by atoms with Crippen molar-refractivity contribution in [1.82, 2.24) is 19.6 Å². The molecule has 45 heavy (non-hydrogen) atoms. The number of amides is 3. The summed E-state index contributed by atoms with van der Waals surface area (Å²) in [4.78, 5) is 49.1. The van der Waals surface area contributed by atoms with Crippen LogP contribution >= 0.6 is 0 Å². The van der Waals surface area contributed by atoms with Gasteiger partial charge in [-0.1, -0.05) is 48.0 Å². The SMILES string of the molecule is Cc1cccc(C[N@+]2(C(=O)[O-])CCC(N3CCc4ccccc4NC3=O)CC2(CC=O)N2CCN(C3CCN(C)CC3)CC2)c1. The highest BCUT2D eigenvalue weighted by molar-refractivity contribution is 5.91. The number of urea groups is 1. The first-order chi connectivity index (χ1) is 21.7. The number of hydrogen-bond acceptors (Lipinski definition) is 7. The van der Waals surface area contributed by atoms with Crippen LogP contribution in [0.4, 0.5) is 15.3 Å². The Bertz CT molecular complexity index is 1390. The summed E-state index contributed by atoms with van der Waals surface area (Å²) in [5, 5.41) is 16.7. The van der Waals surface area contributed by atoms with Gasteiger partial charge in [0, 0.05) is 68.9 Å². The second-order valence-electron chi connectivity index (χ2n) is 13.7. The minimum atomic E-state index is -1.15. The molecule has 3 saturated heterocycles. The molecule has 0 saturated carbocycles. The number of piperazine rings is 1. The zero-order chi connectivity index (χ0) is 31.6. The maximum atomic E-state index is 13.7. The average molecular weight is 617 g/mol. The maximum Gasteiger partial charge on any atom is 0.322 e. The molecule has 4 aliphatic heterocycles. The van der Waals surface area contributed by atoms with Crippen LogP contribution in [0.15, 0.2) is 48.5 Å². The van der Waals surface area contributed by atoms with Crippen LogP contribution in [-0.4, -0.2) is 120 Å². The normalized spacial score (nSPS) is 29.1. The molecule has 3 fully saturated rings. The fourth-order valence-electron chi connectivity index (χ4n) is 8.69. The third kappa shape index (κ3) is 6.13. The number of aryl methyl sites for hydroxylation is 1. The minimum absolute atomic E-state index is 0.0627. The van der Waals surface area contributed by atoms with Crippen LogP contribution < -0.4 is 10.4 Å². The lowest BCUT2D eigenvalue weighted by atomic mass is 9.82. The fourth-order valence-corrected chi connectivity index (χ4v) is 8.69. The summed E-state index contributed by atoms with van der Waals surface area (Å²) in [7, 11) is 2.17. The highest BCUT2D eigenvalue weighted by Crippen LogP contribution is 2.45. The molecule has 2 aromatic carbocycles. The summed E-state index contributed by atoms with van der Waals surface area (Å²) in [5.74, 6) is 0. The first-order valence-corrected chi connectivity index (χ1v) is 16.7. The lowest BCUT2D eigenvalue weighted by molar-refractivity contribution is -0.956. The van der Waals surface area contributed by atoms with Gasteiger partial charge in [-0.2, -0.15) is 0 Å². The molecule has 3 amide bonds. The molecule has 0 spiro atoms. The van der Waals surface area contributed by atoms with Gasteiger partial charge in [0.1, 0.15) is 12.8 Å². The van der Waals surface area contributed by atoms with Crippen LogP contribution in [-0.2, 0) is 17.8 Å². The molecular formula is C35H48N6O4. The van der Waals surface area contributed by atoms with Crippen LogP contribution in [0.3, 0.4) is 0 Å². The van der Waals surface area contributed by atoms with E-state index >= 15 is 0 Å². The Labute approximate surface area is 267 Å². The summed E-state index contributed by atoms with van der Waals surface area (Å²) in [6, 6.07) is 16.0. The standard InChI is InChI=1S/C35H48N6O4/c1-27-6-5-7-28(24-27)26-41(34(44)45)22-13-31(40-17-10-29-8-3-4-9-32(29)36-33(40)43)25-35(41,14-23-42)39-20-18-38(19-21-39)30-11-15-37(2)16-12-30/h3-9,23-24,30-31H,10-22,25-26H2,1-2H3,(H-,36,43,44,45)/t31?,35?,41-/m0/s1. The number of fused-ring (bicyclic) bond motifs is 1. The van der Waals surface area contributed by atoms with Crippen LogP contribution in [0.1, 0.15) is 48.8 Å². The molecule has 4 heterocycles. The van der Waals surface area contributed by atoms with Crippen molar-refractivity contribution in [3.63, 3.8) is 0 Å². The molecule has 10 nitrogen and oxygen atoms in total. The van der Waals surface area contributed by atoms with E-state index in [2.05, 4.69) is 27.1 Å². The van der Waals surface area contributed by atoms with Crippen molar-refractivity contribution in [2.45, 2.75) is 69.7 Å². The number of quaternary nitrogens is 1. The van der Waals surface area contributed by atoms with Gasteiger partial charge in [-0.3, -0.25) is 9.38 Å². The number of aldehydes is 1. The number of hydrogen-bond donors (Lipinski definition) is 1. The third-order valence-electron chi connectivity index (χ3n) is 11.2. The molecule has 10 heteroatoms. The summed E-state index contributed by atoms with van der Waals surface area (Å²) >= 11 is 0. The minimum Gasteiger partial charge on any atom is -0.498 e. The molecule has 0 aromatic heterocycles. The number of anilines is 1. The van der Waals surface area contributed by atoms with E-state index in [1.807, 2.05) is 60.4 Å². The van der Waals surface area contributed by atoms with E-state index in [0.717, 1.165) is 67.7 Å². The van der Waals surface area contributed by atoms with Crippen molar-refractivity contribution in [1.29, 1.82) is 0 Å². The first kappa shape index (κ1) is 31.7. The molecule has 2 unspecified atom stereocenters. The predicted molar refractivity (Wildman–Crippen MR) is 171 cm³/mol. The van der Waals surface area contributed by atoms with Gasteiger partial charge >= 0.3 is 6.03 Å². The smallest absolute Gasteiger partial charge is 0.322 e. The van der Waals surface area contributed by atoms with Gasteiger partial charge < -0.3 is 29.8 Å². The Morgan fingerprint density at radius 1 is 1.00 bits per heavy atom. The van der Waals surface area contributed by atoms with Gasteiger partial charge in [0.25, 0.3) is 6.09 Å². The van der Waals surface area contributed by atoms with Crippen molar-refractivity contribution in [2.24, 2.45) is 0 Å². The number of carbonyl (C=O) groups excluding carboxylic acids is 3. The van der Waals surface area contributed by atoms with Crippen molar-refractivity contribution >= 4 is 24.1 Å². The third-order valence-corrected chi connectivity index (χ3v) is 11.2. The van der Waals surface area contributed by atoms with Gasteiger partial charge in [0.15, 0.2) is 5.66 Å². The molecule has 0 radical (unpaired) electrons. The topological polar surface area (TPSA) is 99.3 Å². The van der Waals surface area contributed by atoms with Crippen molar-refractivity contribution in [3.8, 4) is 0 Å². The second-order valence-corrected chi connectivity index (χ2v) is 13.7. The lowest BCUT2D eigenvalue weighted by Crippen LogP contribution is -2.81. The van der Waals surface area contributed by atoms with E-state index in [4.69, 9.17) is 0 Å². The summed E-state index contributed by atoms with van der Waals surface area (Å²) in [6.45, 7) is 8.24. The Morgan fingerprint density at radius 2 is 1.76 bits per heavy atom. The molecule has 2 aromatic rings. The van der Waals surface area contributed by atoms with Crippen LogP contribution in [0, 0.1) is 6.92 Å². The molecule has 3 atom stereocenters. The Balaban J connectivity index is 1.34. The van der Waals surface area contributed by atoms with E-state index in [1.54, 1.807) is 0 Å². The quantitative estimate of drug-likeness (QED) is 0.377. The molecule has 4 aliphatic rings. The number of para-hydroxylation sites is 1. The zero-order valence-electron chi connectivity index (χ0n) is 26.8. The highest BCUT2D eigenvalue weighted by atomic mass is 16.4. The van der Waals surface area contributed by atoms with Crippen LogP contribution in [0.5, 0.6) is 0 Å². The highest BCUT2D eigenvalue weighted by Gasteiger charge is 2.61. The maximum absolute atomic E-state index is 13.7.